The van der Waals surface area contributed by atoms with Crippen LogP contribution in [-0.2, 0) is 6.42 Å². The van der Waals surface area contributed by atoms with Gasteiger partial charge in [0.05, 0.1) is 5.69 Å². The SMILES string of the molecule is Nc1ccc2c(c1)Cc1ncccc1-2. The lowest BCUT2D eigenvalue weighted by Gasteiger charge is -2.00. The van der Waals surface area contributed by atoms with Gasteiger partial charge in [-0.1, -0.05) is 12.1 Å². The summed E-state index contributed by atoms with van der Waals surface area (Å²) in [5.74, 6) is 0. The number of nitrogens with two attached hydrogens (primary N) is 1. The predicted octanol–water partition coefficient (Wildman–Crippen LogP) is 2.24. The monoisotopic (exact) mass is 182 g/mol. The van der Waals surface area contributed by atoms with Crippen molar-refractivity contribution in [3.63, 3.8) is 0 Å². The van der Waals surface area contributed by atoms with Gasteiger partial charge in [0.15, 0.2) is 0 Å². The number of hydrogen-bond acceptors (Lipinski definition) is 2. The average molecular weight is 182 g/mol. The number of aromatic nitrogens is 1. The molecule has 0 spiro atoms. The summed E-state index contributed by atoms with van der Waals surface area (Å²) in [5, 5.41) is 0. The molecular formula is C12H10N2. The number of pyridine rings is 1. The smallest absolute Gasteiger partial charge is 0.0525 e. The number of hydrogen-bond donors (Lipinski definition) is 1. The van der Waals surface area contributed by atoms with Gasteiger partial charge in [0.25, 0.3) is 0 Å². The molecular weight excluding hydrogens is 172 g/mol. The van der Waals surface area contributed by atoms with Crippen molar-refractivity contribution in [2.24, 2.45) is 0 Å². The highest BCUT2D eigenvalue weighted by Crippen LogP contribution is 2.35. The van der Waals surface area contributed by atoms with E-state index in [-0.39, 0.29) is 0 Å². The molecule has 1 aromatic carbocycles. The first-order valence-corrected chi connectivity index (χ1v) is 4.67. The molecule has 3 rings (SSSR count). The Balaban J connectivity index is 2.27. The third kappa shape index (κ3) is 0.940. The van der Waals surface area contributed by atoms with E-state index in [1.807, 2.05) is 24.4 Å². The standard InChI is InChI=1S/C12H10N2/c13-9-3-4-10-8(6-9)7-12-11(10)2-1-5-14-12/h1-6H,7,13H2. The molecule has 2 N–H and O–H groups in total. The van der Waals surface area contributed by atoms with Gasteiger partial charge in [0, 0.05) is 23.9 Å². The molecule has 0 fully saturated rings. The fraction of sp³-hybridized carbons (Fsp3) is 0.0833. The van der Waals surface area contributed by atoms with Gasteiger partial charge in [-0.2, -0.15) is 0 Å². The summed E-state index contributed by atoms with van der Waals surface area (Å²) in [5.41, 5.74) is 11.6. The van der Waals surface area contributed by atoms with Crippen molar-refractivity contribution in [3.05, 3.63) is 47.8 Å². The van der Waals surface area contributed by atoms with Gasteiger partial charge >= 0.3 is 0 Å². The molecule has 0 atom stereocenters. The zero-order valence-corrected chi connectivity index (χ0v) is 7.70. The largest absolute Gasteiger partial charge is 0.399 e. The molecule has 1 aliphatic carbocycles. The predicted molar refractivity (Wildman–Crippen MR) is 56.9 cm³/mol. The Morgan fingerprint density at radius 3 is 3.00 bits per heavy atom. The van der Waals surface area contributed by atoms with Crippen LogP contribution in [0, 0.1) is 0 Å². The van der Waals surface area contributed by atoms with E-state index < -0.39 is 0 Å². The first-order chi connectivity index (χ1) is 6.84. The second-order valence-corrected chi connectivity index (χ2v) is 3.59. The third-order valence-corrected chi connectivity index (χ3v) is 2.67. The van der Waals surface area contributed by atoms with Crippen molar-refractivity contribution >= 4 is 5.69 Å². The van der Waals surface area contributed by atoms with Gasteiger partial charge < -0.3 is 5.73 Å². The molecule has 1 heterocycles. The minimum absolute atomic E-state index is 0.830. The summed E-state index contributed by atoms with van der Waals surface area (Å²) < 4.78 is 0. The van der Waals surface area contributed by atoms with Crippen LogP contribution in [0.5, 0.6) is 0 Å². The molecule has 0 bridgehead atoms. The molecule has 1 aliphatic rings. The molecule has 0 amide bonds. The van der Waals surface area contributed by atoms with Crippen molar-refractivity contribution in [2.75, 3.05) is 5.73 Å². The van der Waals surface area contributed by atoms with E-state index in [2.05, 4.69) is 17.1 Å². The second-order valence-electron chi connectivity index (χ2n) is 3.59. The zero-order chi connectivity index (χ0) is 9.54. The number of rotatable bonds is 0. The van der Waals surface area contributed by atoms with Gasteiger partial charge in [-0.15, -0.1) is 0 Å². The van der Waals surface area contributed by atoms with Gasteiger partial charge in [0.2, 0.25) is 0 Å². The highest BCUT2D eigenvalue weighted by atomic mass is 14.7. The molecule has 2 heteroatoms. The highest BCUT2D eigenvalue weighted by Gasteiger charge is 2.18. The van der Waals surface area contributed by atoms with Crippen molar-refractivity contribution in [2.45, 2.75) is 6.42 Å². The van der Waals surface area contributed by atoms with Crippen LogP contribution in [-0.4, -0.2) is 4.98 Å². The Labute approximate surface area is 82.4 Å². The van der Waals surface area contributed by atoms with Crippen LogP contribution in [0.2, 0.25) is 0 Å². The van der Waals surface area contributed by atoms with Crippen LogP contribution in [0.4, 0.5) is 5.69 Å². The molecule has 14 heavy (non-hydrogen) atoms. The molecule has 2 aromatic rings. The maximum absolute atomic E-state index is 5.75. The van der Waals surface area contributed by atoms with E-state index >= 15 is 0 Å². The van der Waals surface area contributed by atoms with Gasteiger partial charge in [-0.3, -0.25) is 4.98 Å². The zero-order valence-electron chi connectivity index (χ0n) is 7.70. The molecule has 0 saturated heterocycles. The quantitative estimate of drug-likeness (QED) is 0.541. The Kier molecular flexibility index (Phi) is 1.39. The van der Waals surface area contributed by atoms with E-state index in [1.54, 1.807) is 0 Å². The van der Waals surface area contributed by atoms with Crippen molar-refractivity contribution in [1.29, 1.82) is 0 Å². The summed E-state index contributed by atoms with van der Waals surface area (Å²) >= 11 is 0. The topological polar surface area (TPSA) is 38.9 Å². The third-order valence-electron chi connectivity index (χ3n) is 2.67. The average Bonchev–Trinajstić information content (AvgIpc) is 2.54. The molecule has 0 unspecified atom stereocenters. The Hall–Kier alpha value is -1.83. The van der Waals surface area contributed by atoms with Gasteiger partial charge in [0.1, 0.15) is 0 Å². The Bertz CT molecular complexity index is 503. The Morgan fingerprint density at radius 1 is 1.14 bits per heavy atom. The number of anilines is 1. The van der Waals surface area contributed by atoms with E-state index in [4.69, 9.17) is 5.73 Å². The van der Waals surface area contributed by atoms with Crippen LogP contribution in [0.3, 0.4) is 0 Å². The molecule has 0 radical (unpaired) electrons. The number of nitrogens with zero attached hydrogens (tertiary/aromatic N) is 1. The summed E-state index contributed by atoms with van der Waals surface area (Å²) in [4.78, 5) is 4.36. The van der Waals surface area contributed by atoms with E-state index in [9.17, 15) is 0 Å². The molecule has 2 nitrogen and oxygen atoms in total. The fourth-order valence-corrected chi connectivity index (χ4v) is 2.03. The van der Waals surface area contributed by atoms with Crippen molar-refractivity contribution < 1.29 is 0 Å². The highest BCUT2D eigenvalue weighted by molar-refractivity contribution is 5.76. The minimum atomic E-state index is 0.830. The molecule has 1 aromatic heterocycles. The van der Waals surface area contributed by atoms with Crippen LogP contribution in [0.25, 0.3) is 11.1 Å². The van der Waals surface area contributed by atoms with E-state index in [1.165, 1.54) is 16.7 Å². The summed E-state index contributed by atoms with van der Waals surface area (Å²) in [6, 6.07) is 10.2. The normalized spacial score (nSPS) is 12.3. The molecule has 0 aliphatic heterocycles. The molecule has 0 saturated carbocycles. The van der Waals surface area contributed by atoms with Crippen LogP contribution in [0.1, 0.15) is 11.3 Å². The maximum atomic E-state index is 5.75. The number of benzene rings is 1. The Morgan fingerprint density at radius 2 is 2.07 bits per heavy atom. The summed E-state index contributed by atoms with van der Waals surface area (Å²) in [7, 11) is 0. The van der Waals surface area contributed by atoms with Gasteiger partial charge in [-0.05, 0) is 29.3 Å². The summed E-state index contributed by atoms with van der Waals surface area (Å²) in [6.07, 6.45) is 2.75. The van der Waals surface area contributed by atoms with Crippen LogP contribution >= 0.6 is 0 Å². The molecule has 68 valence electrons. The summed E-state index contributed by atoms with van der Waals surface area (Å²) in [6.45, 7) is 0. The first-order valence-electron chi connectivity index (χ1n) is 4.67. The number of fused-ring (bicyclic) bond motifs is 3. The minimum Gasteiger partial charge on any atom is -0.399 e. The van der Waals surface area contributed by atoms with Gasteiger partial charge in [-0.25, -0.2) is 0 Å². The number of nitrogen functional groups attached to an aromatic ring is 1. The fourth-order valence-electron chi connectivity index (χ4n) is 2.03. The lowest BCUT2D eigenvalue weighted by molar-refractivity contribution is 1.12. The lowest BCUT2D eigenvalue weighted by atomic mass is 10.1. The van der Waals surface area contributed by atoms with E-state index in [0.717, 1.165) is 17.8 Å². The van der Waals surface area contributed by atoms with E-state index in [0.29, 0.717) is 0 Å². The van der Waals surface area contributed by atoms with Crippen molar-refractivity contribution in [1.82, 2.24) is 4.98 Å². The van der Waals surface area contributed by atoms with Crippen molar-refractivity contribution in [3.8, 4) is 11.1 Å². The second kappa shape index (κ2) is 2.58. The first kappa shape index (κ1) is 7.56. The van der Waals surface area contributed by atoms with Crippen LogP contribution < -0.4 is 5.73 Å². The van der Waals surface area contributed by atoms with Crippen LogP contribution in [0.15, 0.2) is 36.5 Å². The maximum Gasteiger partial charge on any atom is 0.0525 e. The lowest BCUT2D eigenvalue weighted by Crippen LogP contribution is -1.87.